The highest BCUT2D eigenvalue weighted by atomic mass is 16.5. The minimum Gasteiger partial charge on any atom is -0.442 e. The maximum atomic E-state index is 5.79. The second kappa shape index (κ2) is 21.7. The highest BCUT2D eigenvalue weighted by molar-refractivity contribution is 5.15. The molecule has 3 fully saturated rings. The van der Waals surface area contributed by atoms with E-state index in [0.29, 0.717) is 17.9 Å². The average molecular weight is 619 g/mol. The van der Waals surface area contributed by atoms with Crippen LogP contribution < -0.4 is 0 Å². The van der Waals surface area contributed by atoms with Gasteiger partial charge in [0.1, 0.15) is 12.7 Å². The quantitative estimate of drug-likeness (QED) is 0.0666. The predicted molar refractivity (Wildman–Crippen MR) is 196 cm³/mol. The number of fused-ring (bicyclic) bond motifs is 5. The average Bonchev–Trinajstić information content (AvgIpc) is 3.40. The van der Waals surface area contributed by atoms with Gasteiger partial charge in [-0.25, -0.2) is 0 Å². The molecule has 0 saturated heterocycles. The molecule has 7 atom stereocenters. The van der Waals surface area contributed by atoms with Crippen LogP contribution in [0.1, 0.15) is 194 Å². The fourth-order valence-electron chi connectivity index (χ4n) is 10.4. The summed E-state index contributed by atoms with van der Waals surface area (Å²) < 4.78 is 5.79. The Morgan fingerprint density at radius 3 is 1.87 bits per heavy atom. The minimum absolute atomic E-state index is 0.428. The maximum Gasteiger partial charge on any atom is 0.118 e. The molecule has 0 bridgehead atoms. The largest absolute Gasteiger partial charge is 0.442 e. The van der Waals surface area contributed by atoms with E-state index in [-0.39, 0.29) is 0 Å². The smallest absolute Gasteiger partial charge is 0.118 e. The summed E-state index contributed by atoms with van der Waals surface area (Å²) in [5, 5.41) is 0. The van der Waals surface area contributed by atoms with Crippen molar-refractivity contribution in [2.24, 2.45) is 40.9 Å². The van der Waals surface area contributed by atoms with Crippen molar-refractivity contribution >= 4 is 0 Å². The standard InChI is InChI=1S/C44H74O/c1-3-4-5-6-7-8-9-10-11-12-13-14-15-16-17-18-19-20-21-22-23-26-36-45-37-34-39-30-32-43-42-31-29-38-27-24-25-28-40(38)41(42)33-35-44(39,43)2/h23-26,38-43H,3-22,27-33,35-36H2,1-2H3/t38?,39-,40-,41+,42+,43-,44+/m0/s1. The van der Waals surface area contributed by atoms with Gasteiger partial charge < -0.3 is 4.74 Å². The molecule has 0 N–H and O–H groups in total. The lowest BCUT2D eigenvalue weighted by molar-refractivity contribution is -0.0453. The molecule has 1 heteroatoms. The maximum absolute atomic E-state index is 5.79. The van der Waals surface area contributed by atoms with E-state index in [2.05, 4.69) is 50.2 Å². The van der Waals surface area contributed by atoms with Crippen molar-refractivity contribution in [3.05, 3.63) is 24.3 Å². The minimum atomic E-state index is 0.428. The Kier molecular flexibility index (Phi) is 17.7. The Morgan fingerprint density at radius 2 is 1.22 bits per heavy atom. The Morgan fingerprint density at radius 1 is 0.622 bits per heavy atom. The highest BCUT2D eigenvalue weighted by Gasteiger charge is 2.56. The van der Waals surface area contributed by atoms with Gasteiger partial charge in [-0.1, -0.05) is 160 Å². The van der Waals surface area contributed by atoms with E-state index >= 15 is 0 Å². The van der Waals surface area contributed by atoms with E-state index in [1.54, 1.807) is 0 Å². The second-order valence-corrected chi connectivity index (χ2v) is 16.2. The number of allylic oxidation sites excluding steroid dienone is 3. The molecule has 0 amide bonds. The Labute approximate surface area is 281 Å². The second-order valence-electron chi connectivity index (χ2n) is 16.2. The molecular formula is C44H74O. The molecule has 4 aliphatic carbocycles. The van der Waals surface area contributed by atoms with E-state index in [1.807, 2.05) is 0 Å². The van der Waals surface area contributed by atoms with Crippen molar-refractivity contribution in [3.8, 4) is 12.0 Å². The number of hydrogen-bond acceptors (Lipinski definition) is 1. The monoisotopic (exact) mass is 619 g/mol. The van der Waals surface area contributed by atoms with Crippen LogP contribution >= 0.6 is 0 Å². The Hall–Kier alpha value is -1.16. The van der Waals surface area contributed by atoms with Crippen LogP contribution in [-0.2, 0) is 4.74 Å². The zero-order valence-electron chi connectivity index (χ0n) is 30.2. The van der Waals surface area contributed by atoms with Crippen LogP contribution in [0.3, 0.4) is 0 Å². The van der Waals surface area contributed by atoms with Crippen LogP contribution in [0.15, 0.2) is 24.3 Å². The number of unbranched alkanes of at least 4 members (excludes halogenated alkanes) is 19. The van der Waals surface area contributed by atoms with Gasteiger partial charge in [-0.3, -0.25) is 0 Å². The van der Waals surface area contributed by atoms with Crippen LogP contribution in [0, 0.1) is 52.9 Å². The lowest BCUT2D eigenvalue weighted by atomic mass is 9.50. The van der Waals surface area contributed by atoms with E-state index in [0.717, 1.165) is 29.6 Å². The third kappa shape index (κ3) is 12.1. The summed E-state index contributed by atoms with van der Waals surface area (Å²) in [6, 6.07) is 0. The van der Waals surface area contributed by atoms with Gasteiger partial charge >= 0.3 is 0 Å². The third-order valence-electron chi connectivity index (χ3n) is 13.2. The molecule has 0 aromatic rings. The van der Waals surface area contributed by atoms with Gasteiger partial charge in [0.25, 0.3) is 0 Å². The van der Waals surface area contributed by atoms with Gasteiger partial charge in [0, 0.05) is 5.92 Å². The molecular weight excluding hydrogens is 544 g/mol. The molecule has 4 rings (SSSR count). The lowest BCUT2D eigenvalue weighted by Gasteiger charge is -2.54. The van der Waals surface area contributed by atoms with Crippen LogP contribution in [0.25, 0.3) is 0 Å². The third-order valence-corrected chi connectivity index (χ3v) is 13.2. The number of ether oxygens (including phenoxy) is 1. The number of hydrogen-bond donors (Lipinski definition) is 0. The zero-order valence-corrected chi connectivity index (χ0v) is 30.2. The molecule has 4 aliphatic rings. The molecule has 0 heterocycles. The molecule has 1 nitrogen and oxygen atoms in total. The van der Waals surface area contributed by atoms with Crippen LogP contribution in [0.2, 0.25) is 0 Å². The molecule has 0 radical (unpaired) electrons. The molecule has 0 aromatic heterocycles. The topological polar surface area (TPSA) is 9.23 Å². The van der Waals surface area contributed by atoms with Crippen molar-refractivity contribution < 1.29 is 4.74 Å². The van der Waals surface area contributed by atoms with Gasteiger partial charge in [-0.2, -0.15) is 0 Å². The molecule has 256 valence electrons. The first kappa shape index (κ1) is 36.7. The fourth-order valence-corrected chi connectivity index (χ4v) is 10.4. The van der Waals surface area contributed by atoms with Gasteiger partial charge in [-0.15, -0.1) is 0 Å². The first-order valence-corrected chi connectivity index (χ1v) is 20.7. The summed E-state index contributed by atoms with van der Waals surface area (Å²) in [7, 11) is 0. The van der Waals surface area contributed by atoms with Crippen molar-refractivity contribution in [2.45, 2.75) is 194 Å². The van der Waals surface area contributed by atoms with Gasteiger partial charge in [0.15, 0.2) is 0 Å². The number of rotatable bonds is 22. The van der Waals surface area contributed by atoms with Crippen molar-refractivity contribution in [1.82, 2.24) is 0 Å². The fraction of sp³-hybridized carbons (Fsp3) is 0.864. The first-order chi connectivity index (χ1) is 22.2. The van der Waals surface area contributed by atoms with Crippen molar-refractivity contribution in [3.63, 3.8) is 0 Å². The normalized spacial score (nSPS) is 30.4. The highest BCUT2D eigenvalue weighted by Crippen LogP contribution is 2.63. The molecule has 0 aromatic carbocycles. The Balaban J connectivity index is 0.926. The van der Waals surface area contributed by atoms with Gasteiger partial charge in [-0.05, 0) is 99.2 Å². The summed E-state index contributed by atoms with van der Waals surface area (Å²) >= 11 is 0. The summed E-state index contributed by atoms with van der Waals surface area (Å²) in [4.78, 5) is 0. The van der Waals surface area contributed by atoms with E-state index in [9.17, 15) is 0 Å². The van der Waals surface area contributed by atoms with E-state index in [1.165, 1.54) is 180 Å². The van der Waals surface area contributed by atoms with Crippen molar-refractivity contribution in [1.29, 1.82) is 0 Å². The summed E-state index contributed by atoms with van der Waals surface area (Å²) in [5.74, 6) is 9.00. The summed E-state index contributed by atoms with van der Waals surface area (Å²) in [6.45, 7) is 5.55. The van der Waals surface area contributed by atoms with Crippen LogP contribution in [0.5, 0.6) is 0 Å². The first-order valence-electron chi connectivity index (χ1n) is 20.7. The zero-order chi connectivity index (χ0) is 31.4. The van der Waals surface area contributed by atoms with Crippen LogP contribution in [-0.4, -0.2) is 6.61 Å². The molecule has 1 unspecified atom stereocenters. The van der Waals surface area contributed by atoms with Gasteiger partial charge in [0.2, 0.25) is 0 Å². The van der Waals surface area contributed by atoms with Gasteiger partial charge in [0.05, 0.1) is 0 Å². The molecule has 0 spiro atoms. The Bertz CT molecular complexity index is 888. The van der Waals surface area contributed by atoms with Crippen molar-refractivity contribution in [2.75, 3.05) is 6.61 Å². The SMILES string of the molecule is CCCCCCCCCCCCCCCCCCCCCC=CCOC#C[C@@H]1CC[C@H]2[C@@H]3CCC4CC=CC[C@@H]4[C@H]3CC[C@]12C. The molecule has 45 heavy (non-hydrogen) atoms. The molecule has 0 aliphatic heterocycles. The predicted octanol–water partition coefficient (Wildman–Crippen LogP) is 13.8. The van der Waals surface area contributed by atoms with E-state index in [4.69, 9.17) is 4.74 Å². The summed E-state index contributed by atoms with van der Waals surface area (Å²) in [6.07, 6.45) is 52.5. The van der Waals surface area contributed by atoms with E-state index < -0.39 is 0 Å². The van der Waals surface area contributed by atoms with Crippen LogP contribution in [0.4, 0.5) is 0 Å². The summed E-state index contributed by atoms with van der Waals surface area (Å²) in [5.41, 5.74) is 0.428. The lowest BCUT2D eigenvalue weighted by Crippen LogP contribution is -2.47. The molecule has 3 saturated carbocycles.